The number of ether oxygens (including phenoxy) is 1. The molecule has 0 aromatic heterocycles. The molecule has 1 aromatic rings. The smallest absolute Gasteiger partial charge is 0.0897 e. The molecule has 20 heavy (non-hydrogen) atoms. The van der Waals surface area contributed by atoms with Crippen LogP contribution < -0.4 is 5.32 Å². The van der Waals surface area contributed by atoms with Crippen LogP contribution in [0.1, 0.15) is 32.8 Å². The largest absolute Gasteiger partial charge is 0.389 e. The Balaban J connectivity index is 2.17. The Morgan fingerprint density at radius 2 is 1.95 bits per heavy atom. The maximum Gasteiger partial charge on any atom is 0.0897 e. The van der Waals surface area contributed by atoms with E-state index < -0.39 is 6.10 Å². The second-order valence-electron chi connectivity index (χ2n) is 5.65. The first-order valence-corrected chi connectivity index (χ1v) is 7.60. The van der Waals surface area contributed by atoms with Crippen LogP contribution in [-0.4, -0.2) is 30.5 Å². The number of hydrogen-bond acceptors (Lipinski definition) is 3. The minimum Gasteiger partial charge on any atom is -0.389 e. The third-order valence-corrected chi connectivity index (χ3v) is 3.40. The number of halogens is 1. The van der Waals surface area contributed by atoms with Crippen molar-refractivity contribution in [1.29, 1.82) is 0 Å². The molecule has 2 N–H and O–H groups in total. The van der Waals surface area contributed by atoms with Crippen LogP contribution in [0.15, 0.2) is 24.3 Å². The highest BCUT2D eigenvalue weighted by atomic mass is 35.5. The lowest BCUT2D eigenvalue weighted by atomic mass is 10.1. The normalized spacial score (nSPS) is 14.5. The van der Waals surface area contributed by atoms with Gasteiger partial charge in [0.25, 0.3) is 0 Å². The zero-order valence-electron chi connectivity index (χ0n) is 12.6. The van der Waals surface area contributed by atoms with Crippen molar-refractivity contribution in [3.05, 3.63) is 34.9 Å². The summed E-state index contributed by atoms with van der Waals surface area (Å²) in [4.78, 5) is 0. The van der Waals surface area contributed by atoms with Crippen molar-refractivity contribution in [2.45, 2.75) is 45.9 Å². The number of benzene rings is 1. The molecule has 2 atom stereocenters. The fraction of sp³-hybridized carbons (Fsp3) is 0.625. The summed E-state index contributed by atoms with van der Waals surface area (Å²) in [5.74, 6) is 0.612. The Kier molecular flexibility index (Phi) is 8.15. The van der Waals surface area contributed by atoms with Crippen molar-refractivity contribution in [1.82, 2.24) is 5.32 Å². The standard InChI is InChI=1S/C16H26ClNO2/c1-12(2)8-13(3)20-11-15(19)10-18-9-14-6-4-5-7-16(14)17/h4-7,12-13,15,18-19H,8-11H2,1-3H3. The Hall–Kier alpha value is -0.610. The molecule has 0 saturated carbocycles. The summed E-state index contributed by atoms with van der Waals surface area (Å²) in [5, 5.41) is 13.8. The highest BCUT2D eigenvalue weighted by molar-refractivity contribution is 6.31. The van der Waals surface area contributed by atoms with Gasteiger partial charge in [0.15, 0.2) is 0 Å². The average molecular weight is 300 g/mol. The van der Waals surface area contributed by atoms with Crippen molar-refractivity contribution >= 4 is 11.6 Å². The molecular weight excluding hydrogens is 274 g/mol. The van der Waals surface area contributed by atoms with E-state index in [9.17, 15) is 5.11 Å². The molecule has 0 bridgehead atoms. The van der Waals surface area contributed by atoms with Gasteiger partial charge >= 0.3 is 0 Å². The van der Waals surface area contributed by atoms with Gasteiger partial charge in [0, 0.05) is 18.1 Å². The van der Waals surface area contributed by atoms with E-state index in [1.165, 1.54) is 0 Å². The molecule has 4 heteroatoms. The van der Waals surface area contributed by atoms with Crippen molar-refractivity contribution < 1.29 is 9.84 Å². The van der Waals surface area contributed by atoms with Gasteiger partial charge in [-0.25, -0.2) is 0 Å². The molecule has 2 unspecified atom stereocenters. The number of nitrogens with one attached hydrogen (secondary N) is 1. The molecule has 0 saturated heterocycles. The first-order chi connectivity index (χ1) is 9.49. The summed E-state index contributed by atoms with van der Waals surface area (Å²) in [5.41, 5.74) is 1.04. The Labute approximate surface area is 127 Å². The highest BCUT2D eigenvalue weighted by Gasteiger charge is 2.09. The molecule has 0 heterocycles. The number of aliphatic hydroxyl groups excluding tert-OH is 1. The second-order valence-corrected chi connectivity index (χ2v) is 6.06. The lowest BCUT2D eigenvalue weighted by Crippen LogP contribution is -2.31. The van der Waals surface area contributed by atoms with E-state index in [1.54, 1.807) is 0 Å². The lowest BCUT2D eigenvalue weighted by molar-refractivity contribution is -0.00857. The van der Waals surface area contributed by atoms with Crippen LogP contribution in [0.2, 0.25) is 5.02 Å². The lowest BCUT2D eigenvalue weighted by Gasteiger charge is -2.18. The molecule has 1 aromatic carbocycles. The zero-order valence-corrected chi connectivity index (χ0v) is 13.4. The first kappa shape index (κ1) is 17.4. The van der Waals surface area contributed by atoms with Gasteiger partial charge in [0.2, 0.25) is 0 Å². The molecule has 0 aliphatic rings. The maximum absolute atomic E-state index is 9.86. The number of aliphatic hydroxyl groups is 1. The Morgan fingerprint density at radius 3 is 2.60 bits per heavy atom. The third-order valence-electron chi connectivity index (χ3n) is 3.03. The van der Waals surface area contributed by atoms with E-state index in [0.717, 1.165) is 17.0 Å². The monoisotopic (exact) mass is 299 g/mol. The van der Waals surface area contributed by atoms with Gasteiger partial charge in [0.1, 0.15) is 0 Å². The van der Waals surface area contributed by atoms with Crippen LogP contribution in [0, 0.1) is 5.92 Å². The quantitative estimate of drug-likeness (QED) is 0.735. The van der Waals surface area contributed by atoms with Crippen LogP contribution in [-0.2, 0) is 11.3 Å². The van der Waals surface area contributed by atoms with E-state index in [0.29, 0.717) is 25.6 Å². The van der Waals surface area contributed by atoms with Gasteiger partial charge in [-0.05, 0) is 30.9 Å². The van der Waals surface area contributed by atoms with Gasteiger partial charge in [-0.3, -0.25) is 0 Å². The summed E-state index contributed by atoms with van der Waals surface area (Å²) >= 11 is 6.06. The SMILES string of the molecule is CC(C)CC(C)OCC(O)CNCc1ccccc1Cl. The van der Waals surface area contributed by atoms with Crippen LogP contribution in [0.5, 0.6) is 0 Å². The van der Waals surface area contributed by atoms with E-state index in [-0.39, 0.29) is 6.10 Å². The molecule has 1 rings (SSSR count). The summed E-state index contributed by atoms with van der Waals surface area (Å²) in [6.07, 6.45) is 0.708. The first-order valence-electron chi connectivity index (χ1n) is 7.22. The maximum atomic E-state index is 9.86. The van der Waals surface area contributed by atoms with Crippen LogP contribution in [0.25, 0.3) is 0 Å². The second kappa shape index (κ2) is 9.35. The molecule has 0 fully saturated rings. The Bertz CT molecular complexity index is 384. The topological polar surface area (TPSA) is 41.5 Å². The van der Waals surface area contributed by atoms with E-state index >= 15 is 0 Å². The molecule has 0 radical (unpaired) electrons. The predicted octanol–water partition coefficient (Wildman–Crippen LogP) is 3.24. The van der Waals surface area contributed by atoms with Gasteiger partial charge < -0.3 is 15.2 Å². The summed E-state index contributed by atoms with van der Waals surface area (Å²) < 4.78 is 5.63. The van der Waals surface area contributed by atoms with Crippen molar-refractivity contribution in [2.24, 2.45) is 5.92 Å². The van der Waals surface area contributed by atoms with Gasteiger partial charge in [-0.2, -0.15) is 0 Å². The average Bonchev–Trinajstić information content (AvgIpc) is 2.38. The summed E-state index contributed by atoms with van der Waals surface area (Å²) in [6, 6.07) is 7.70. The minimum absolute atomic E-state index is 0.188. The molecule has 114 valence electrons. The van der Waals surface area contributed by atoms with Crippen LogP contribution >= 0.6 is 11.6 Å². The fourth-order valence-electron chi connectivity index (χ4n) is 2.08. The van der Waals surface area contributed by atoms with Gasteiger partial charge in [-0.15, -0.1) is 0 Å². The van der Waals surface area contributed by atoms with Gasteiger partial charge in [-0.1, -0.05) is 43.6 Å². The molecule has 0 spiro atoms. The van der Waals surface area contributed by atoms with E-state index in [2.05, 4.69) is 19.2 Å². The van der Waals surface area contributed by atoms with E-state index in [1.807, 2.05) is 31.2 Å². The Morgan fingerprint density at radius 1 is 1.25 bits per heavy atom. The molecule has 0 aliphatic carbocycles. The highest BCUT2D eigenvalue weighted by Crippen LogP contribution is 2.14. The van der Waals surface area contributed by atoms with E-state index in [4.69, 9.17) is 16.3 Å². The number of rotatable bonds is 9. The van der Waals surface area contributed by atoms with Crippen molar-refractivity contribution in [3.8, 4) is 0 Å². The summed E-state index contributed by atoms with van der Waals surface area (Å²) in [6.45, 7) is 7.90. The molecule has 3 nitrogen and oxygen atoms in total. The molecular formula is C16H26ClNO2. The van der Waals surface area contributed by atoms with Crippen LogP contribution in [0.3, 0.4) is 0 Å². The fourth-order valence-corrected chi connectivity index (χ4v) is 2.28. The molecule has 0 amide bonds. The van der Waals surface area contributed by atoms with Gasteiger partial charge in [0.05, 0.1) is 18.8 Å². The number of hydrogen-bond donors (Lipinski definition) is 2. The van der Waals surface area contributed by atoms with Crippen molar-refractivity contribution in [3.63, 3.8) is 0 Å². The van der Waals surface area contributed by atoms with Crippen molar-refractivity contribution in [2.75, 3.05) is 13.2 Å². The molecule has 0 aliphatic heterocycles. The van der Waals surface area contributed by atoms with Crippen LogP contribution in [0.4, 0.5) is 0 Å². The zero-order chi connectivity index (χ0) is 15.0. The predicted molar refractivity (Wildman–Crippen MR) is 84.0 cm³/mol. The minimum atomic E-state index is -0.493. The summed E-state index contributed by atoms with van der Waals surface area (Å²) in [7, 11) is 0. The third kappa shape index (κ3) is 7.25.